The van der Waals surface area contributed by atoms with Crippen LogP contribution in [-0.4, -0.2) is 71.8 Å². The smallest absolute Gasteiger partial charge is 0.379 e. The van der Waals surface area contributed by atoms with Crippen molar-refractivity contribution in [3.05, 3.63) is 29.1 Å². The number of carbonyl (C=O) groups excluding carboxylic acids is 1. The molecule has 6 nitrogen and oxygen atoms in total. The maximum atomic E-state index is 13.8. The number of halogens is 3. The highest BCUT2D eigenvalue weighted by Gasteiger charge is 2.51. The largest absolute Gasteiger partial charge is 0.417 e. The Morgan fingerprint density at radius 3 is 2.97 bits per heavy atom. The van der Waals surface area contributed by atoms with Gasteiger partial charge in [0.25, 0.3) is 0 Å². The van der Waals surface area contributed by atoms with Gasteiger partial charge in [-0.05, 0) is 42.6 Å². The van der Waals surface area contributed by atoms with Crippen molar-refractivity contribution in [2.75, 3.05) is 32.6 Å². The lowest BCUT2D eigenvalue weighted by Gasteiger charge is -2.37. The van der Waals surface area contributed by atoms with Gasteiger partial charge in [0, 0.05) is 62.5 Å². The maximum absolute atomic E-state index is 13.8. The van der Waals surface area contributed by atoms with Gasteiger partial charge in [0.15, 0.2) is 0 Å². The number of ether oxygens (including phenoxy) is 2. The van der Waals surface area contributed by atoms with E-state index >= 15 is 0 Å². The van der Waals surface area contributed by atoms with Crippen molar-refractivity contribution in [2.45, 2.75) is 61.8 Å². The van der Waals surface area contributed by atoms with E-state index in [0.29, 0.717) is 48.6 Å². The topological polar surface area (TPSA) is 63.7 Å². The lowest BCUT2D eigenvalue weighted by atomic mass is 9.88. The zero-order valence-corrected chi connectivity index (χ0v) is 19.5. The molecule has 1 saturated carbocycles. The van der Waals surface area contributed by atoms with Gasteiger partial charge in [0.05, 0.1) is 24.2 Å². The number of aromatic nitrogens is 1. The molecule has 33 heavy (non-hydrogen) atoms. The molecule has 4 heterocycles. The highest BCUT2D eigenvalue weighted by Crippen LogP contribution is 2.48. The van der Waals surface area contributed by atoms with E-state index in [1.807, 2.05) is 11.8 Å². The predicted molar refractivity (Wildman–Crippen MR) is 118 cm³/mol. The van der Waals surface area contributed by atoms with Gasteiger partial charge in [-0.1, -0.05) is 0 Å². The molecule has 0 spiro atoms. The summed E-state index contributed by atoms with van der Waals surface area (Å²) >= 11 is 1.94. The van der Waals surface area contributed by atoms with Gasteiger partial charge < -0.3 is 19.7 Å². The first kappa shape index (κ1) is 23.4. The highest BCUT2D eigenvalue weighted by atomic mass is 32.2. The Kier molecular flexibility index (Phi) is 6.63. The van der Waals surface area contributed by atoms with E-state index in [1.165, 1.54) is 0 Å². The molecule has 0 radical (unpaired) electrons. The lowest BCUT2D eigenvalue weighted by molar-refractivity contribution is -0.138. The third kappa shape index (κ3) is 4.63. The molecule has 2 unspecified atom stereocenters. The van der Waals surface area contributed by atoms with Crippen molar-refractivity contribution in [1.82, 2.24) is 15.2 Å². The van der Waals surface area contributed by atoms with Crippen LogP contribution in [0.25, 0.3) is 0 Å². The number of alkyl halides is 3. The molecular weight excluding hydrogens is 455 g/mol. The van der Waals surface area contributed by atoms with Crippen LogP contribution >= 0.6 is 11.8 Å². The summed E-state index contributed by atoms with van der Waals surface area (Å²) < 4.78 is 50.7. The number of pyridine rings is 1. The van der Waals surface area contributed by atoms with Crippen LogP contribution in [0, 0.1) is 11.8 Å². The molecule has 2 saturated heterocycles. The van der Waals surface area contributed by atoms with E-state index in [1.54, 1.807) is 12.0 Å². The quantitative estimate of drug-likeness (QED) is 0.708. The number of rotatable bonds is 4. The Hall–Kier alpha value is -1.36. The minimum atomic E-state index is -4.44. The van der Waals surface area contributed by atoms with Gasteiger partial charge in [-0.3, -0.25) is 9.78 Å². The van der Waals surface area contributed by atoms with Crippen molar-refractivity contribution in [2.24, 2.45) is 11.8 Å². The molecule has 1 aromatic rings. The first-order valence-corrected chi connectivity index (χ1v) is 12.7. The zero-order chi connectivity index (χ0) is 23.2. The van der Waals surface area contributed by atoms with Crippen molar-refractivity contribution >= 4 is 17.7 Å². The minimum absolute atomic E-state index is 0.0436. The van der Waals surface area contributed by atoms with Crippen LogP contribution in [0.2, 0.25) is 0 Å². The highest BCUT2D eigenvalue weighted by molar-refractivity contribution is 8.00. The zero-order valence-electron chi connectivity index (χ0n) is 18.6. The number of fused-ring (bicyclic) bond motifs is 2. The molecule has 1 amide bonds. The number of nitrogens with one attached hydrogen (secondary N) is 1. The van der Waals surface area contributed by atoms with Gasteiger partial charge in [-0.15, -0.1) is 0 Å². The Morgan fingerprint density at radius 2 is 2.18 bits per heavy atom. The third-order valence-electron chi connectivity index (χ3n) is 7.64. The average Bonchev–Trinajstić information content (AvgIpc) is 3.38. The number of thioether (sulfide) groups is 1. The molecule has 182 valence electrons. The Morgan fingerprint density at radius 1 is 1.33 bits per heavy atom. The summed E-state index contributed by atoms with van der Waals surface area (Å²) in [4.78, 5) is 19.6. The van der Waals surface area contributed by atoms with E-state index in [4.69, 9.17) is 9.47 Å². The molecule has 0 aromatic carbocycles. The number of carbonyl (C=O) groups is 1. The summed E-state index contributed by atoms with van der Waals surface area (Å²) in [6.07, 6.45) is -0.325. The molecule has 10 heteroatoms. The maximum Gasteiger partial charge on any atom is 0.417 e. The van der Waals surface area contributed by atoms with Crippen LogP contribution < -0.4 is 5.32 Å². The Labute approximate surface area is 196 Å². The van der Waals surface area contributed by atoms with E-state index in [9.17, 15) is 18.0 Å². The number of methoxy groups -OCH3 is 1. The van der Waals surface area contributed by atoms with Crippen molar-refractivity contribution in [3.8, 4) is 0 Å². The van der Waals surface area contributed by atoms with Gasteiger partial charge >= 0.3 is 6.18 Å². The molecule has 1 N–H and O–H groups in total. The standard InChI is InChI=1S/C23H30F3N3O3S/c1-31-19-12-32-6-3-17(19)28-18-9-20-15(4-7-33-20)21(18)22(30)29-5-2-16-13(11-29)8-14(10-27-16)23(24,25)26/h8,10,15,17-21,28H,2-7,9,11-12H2,1H3/t15-,17?,18-,19?,20-,21+/m1/s1. The van der Waals surface area contributed by atoms with Gasteiger partial charge in [0.2, 0.25) is 5.91 Å². The second-order valence-corrected chi connectivity index (χ2v) is 10.8. The fraction of sp³-hybridized carbons (Fsp3) is 0.739. The van der Waals surface area contributed by atoms with E-state index in [-0.39, 0.29) is 36.6 Å². The first-order valence-electron chi connectivity index (χ1n) is 11.7. The molecule has 3 aliphatic heterocycles. The van der Waals surface area contributed by atoms with Crippen LogP contribution in [0.3, 0.4) is 0 Å². The second kappa shape index (κ2) is 9.36. The van der Waals surface area contributed by atoms with Gasteiger partial charge in [-0.25, -0.2) is 0 Å². The first-order chi connectivity index (χ1) is 15.8. The fourth-order valence-corrected chi connectivity index (χ4v) is 7.54. The monoisotopic (exact) mass is 485 g/mol. The lowest BCUT2D eigenvalue weighted by Crippen LogP contribution is -2.55. The van der Waals surface area contributed by atoms with Crippen LogP contribution in [0.1, 0.15) is 36.1 Å². The van der Waals surface area contributed by atoms with Crippen LogP contribution in [-0.2, 0) is 33.4 Å². The Balaban J connectivity index is 1.34. The van der Waals surface area contributed by atoms with Crippen LogP contribution in [0.15, 0.2) is 12.3 Å². The van der Waals surface area contributed by atoms with Gasteiger partial charge in [-0.2, -0.15) is 24.9 Å². The molecular formula is C23H30F3N3O3S. The number of nitrogens with zero attached hydrogens (tertiary/aromatic N) is 2. The van der Waals surface area contributed by atoms with Crippen LogP contribution in [0.5, 0.6) is 0 Å². The average molecular weight is 486 g/mol. The fourth-order valence-electron chi connectivity index (χ4n) is 5.93. The second-order valence-electron chi connectivity index (χ2n) is 9.48. The molecule has 1 aromatic heterocycles. The summed E-state index contributed by atoms with van der Waals surface area (Å²) in [5, 5.41) is 4.19. The molecule has 6 atom stereocenters. The SMILES string of the molecule is COC1COCCC1N[C@@H]1C[C@H]2SCC[C@H]2[C@@H]1C(=O)N1CCc2ncc(C(F)(F)F)cc2C1. The molecule has 0 bridgehead atoms. The summed E-state index contributed by atoms with van der Waals surface area (Å²) in [6.45, 7) is 1.90. The van der Waals surface area contributed by atoms with E-state index < -0.39 is 11.7 Å². The summed E-state index contributed by atoms with van der Waals surface area (Å²) in [5.41, 5.74) is 0.411. The van der Waals surface area contributed by atoms with E-state index in [2.05, 4.69) is 10.3 Å². The van der Waals surface area contributed by atoms with Gasteiger partial charge in [0.1, 0.15) is 0 Å². The molecule has 3 fully saturated rings. The van der Waals surface area contributed by atoms with Crippen molar-refractivity contribution < 1.29 is 27.4 Å². The molecule has 5 rings (SSSR count). The number of hydrogen-bond donors (Lipinski definition) is 1. The molecule has 4 aliphatic rings. The summed E-state index contributed by atoms with van der Waals surface area (Å²) in [6, 6.07) is 1.33. The number of hydrogen-bond acceptors (Lipinski definition) is 6. The summed E-state index contributed by atoms with van der Waals surface area (Å²) in [5.74, 6) is 1.27. The van der Waals surface area contributed by atoms with E-state index in [0.717, 1.165) is 37.3 Å². The predicted octanol–water partition coefficient (Wildman–Crippen LogP) is 2.89. The normalized spacial score (nSPS) is 34.2. The van der Waals surface area contributed by atoms with Crippen molar-refractivity contribution in [1.29, 1.82) is 0 Å². The number of amides is 1. The van der Waals surface area contributed by atoms with Crippen molar-refractivity contribution in [3.63, 3.8) is 0 Å². The minimum Gasteiger partial charge on any atom is -0.379 e. The molecule has 1 aliphatic carbocycles. The Bertz CT molecular complexity index is 886. The summed E-state index contributed by atoms with van der Waals surface area (Å²) in [7, 11) is 1.68. The van der Waals surface area contributed by atoms with Crippen LogP contribution in [0.4, 0.5) is 13.2 Å². The third-order valence-corrected chi connectivity index (χ3v) is 9.08.